The van der Waals surface area contributed by atoms with Crippen molar-refractivity contribution < 1.29 is 14.3 Å². The molecule has 2 aromatic carbocycles. The number of amides is 1. The van der Waals surface area contributed by atoms with Crippen molar-refractivity contribution in [2.24, 2.45) is 5.73 Å². The molecule has 3 aromatic rings. The molecule has 1 atom stereocenters. The summed E-state index contributed by atoms with van der Waals surface area (Å²) in [5.41, 5.74) is 6.37. The highest BCUT2D eigenvalue weighted by Crippen LogP contribution is 2.15. The smallest absolute Gasteiger partial charge is 0.357 e. The molecule has 0 aliphatic carbocycles. The average molecular weight is 320 g/mol. The Labute approximate surface area is 139 Å². The number of rotatable bonds is 5. The van der Waals surface area contributed by atoms with E-state index in [1.165, 1.54) is 0 Å². The Hall–Kier alpha value is -3.21. The highest BCUT2D eigenvalue weighted by atomic mass is 16.5. The first-order valence-electron chi connectivity index (χ1n) is 7.52. The van der Waals surface area contributed by atoms with Crippen molar-refractivity contribution in [1.29, 1.82) is 0 Å². The summed E-state index contributed by atoms with van der Waals surface area (Å²) in [6, 6.07) is 18.4. The number of primary amides is 1. The third-order valence-corrected chi connectivity index (χ3v) is 3.67. The van der Waals surface area contributed by atoms with E-state index in [9.17, 15) is 9.59 Å². The highest BCUT2D eigenvalue weighted by Gasteiger charge is 2.22. The fraction of sp³-hybridized carbons (Fsp3) is 0.105. The van der Waals surface area contributed by atoms with Gasteiger partial charge in [0, 0.05) is 18.0 Å². The summed E-state index contributed by atoms with van der Waals surface area (Å²) >= 11 is 0. The molecule has 5 heteroatoms. The minimum absolute atomic E-state index is 0.146. The predicted octanol–water partition coefficient (Wildman–Crippen LogP) is 2.49. The second-order valence-electron chi connectivity index (χ2n) is 5.40. The number of fused-ring (bicyclic) bond motifs is 1. The maximum absolute atomic E-state index is 12.3. The van der Waals surface area contributed by atoms with Gasteiger partial charge in [-0.05, 0) is 17.0 Å². The Morgan fingerprint density at radius 3 is 2.38 bits per heavy atom. The van der Waals surface area contributed by atoms with Crippen molar-refractivity contribution in [3.63, 3.8) is 0 Å². The van der Waals surface area contributed by atoms with Crippen molar-refractivity contribution in [2.75, 3.05) is 0 Å². The van der Waals surface area contributed by atoms with Crippen LogP contribution in [-0.2, 0) is 16.0 Å². The van der Waals surface area contributed by atoms with Crippen LogP contribution >= 0.6 is 0 Å². The Morgan fingerprint density at radius 2 is 1.67 bits per heavy atom. The van der Waals surface area contributed by atoms with Gasteiger partial charge >= 0.3 is 5.97 Å². The minimum Gasteiger partial charge on any atom is -0.447 e. The largest absolute Gasteiger partial charge is 0.447 e. The molecule has 5 nitrogen and oxygen atoms in total. The van der Waals surface area contributed by atoms with Gasteiger partial charge in [0.25, 0.3) is 5.91 Å². The molecule has 0 saturated heterocycles. The quantitative estimate of drug-likeness (QED) is 0.732. The number of hydrogen-bond donors (Lipinski definition) is 1. The molecule has 24 heavy (non-hydrogen) atoms. The molecule has 0 saturated carbocycles. The highest BCUT2D eigenvalue weighted by molar-refractivity contribution is 5.94. The van der Waals surface area contributed by atoms with Crippen LogP contribution in [0.2, 0.25) is 0 Å². The molecule has 0 bridgehead atoms. The zero-order valence-electron chi connectivity index (χ0n) is 12.9. The van der Waals surface area contributed by atoms with Gasteiger partial charge in [-0.3, -0.25) is 4.79 Å². The van der Waals surface area contributed by atoms with Gasteiger partial charge in [-0.25, -0.2) is 9.78 Å². The number of nitrogens with zero attached hydrogens (tertiary/aromatic N) is 1. The van der Waals surface area contributed by atoms with Gasteiger partial charge in [-0.2, -0.15) is 0 Å². The molecular formula is C19H16N2O3. The van der Waals surface area contributed by atoms with Gasteiger partial charge in [-0.1, -0.05) is 54.6 Å². The average Bonchev–Trinajstić information content (AvgIpc) is 2.61. The molecule has 1 aromatic heterocycles. The Balaban J connectivity index is 1.78. The normalized spacial score (nSPS) is 11.8. The number of carbonyl (C=O) groups excluding carboxylic acids is 2. The zero-order valence-corrected chi connectivity index (χ0v) is 12.9. The topological polar surface area (TPSA) is 82.3 Å². The van der Waals surface area contributed by atoms with E-state index in [0.717, 1.165) is 16.3 Å². The number of esters is 1. The van der Waals surface area contributed by atoms with Gasteiger partial charge in [0.15, 0.2) is 6.10 Å². The SMILES string of the molecule is NC(=O)C(Cc1ccccc1)OC(=O)c1cc2ccccc2cn1. The Kier molecular flexibility index (Phi) is 4.52. The lowest BCUT2D eigenvalue weighted by Gasteiger charge is -2.14. The zero-order chi connectivity index (χ0) is 16.9. The summed E-state index contributed by atoms with van der Waals surface area (Å²) in [5, 5.41) is 1.79. The molecule has 2 N–H and O–H groups in total. The molecule has 0 radical (unpaired) electrons. The van der Waals surface area contributed by atoms with Gasteiger partial charge in [0.2, 0.25) is 0 Å². The second kappa shape index (κ2) is 6.91. The van der Waals surface area contributed by atoms with Gasteiger partial charge < -0.3 is 10.5 Å². The fourth-order valence-corrected chi connectivity index (χ4v) is 2.41. The van der Waals surface area contributed by atoms with Crippen molar-refractivity contribution in [3.8, 4) is 0 Å². The summed E-state index contributed by atoms with van der Waals surface area (Å²) in [6.07, 6.45) is 0.797. The summed E-state index contributed by atoms with van der Waals surface area (Å²) in [6.45, 7) is 0. The van der Waals surface area contributed by atoms with E-state index in [-0.39, 0.29) is 12.1 Å². The van der Waals surface area contributed by atoms with Crippen molar-refractivity contribution in [1.82, 2.24) is 4.98 Å². The lowest BCUT2D eigenvalue weighted by molar-refractivity contribution is -0.126. The van der Waals surface area contributed by atoms with Crippen molar-refractivity contribution in [3.05, 3.63) is 78.1 Å². The molecule has 0 spiro atoms. The molecular weight excluding hydrogens is 304 g/mol. The van der Waals surface area contributed by atoms with Crippen LogP contribution < -0.4 is 5.73 Å². The molecule has 120 valence electrons. The maximum atomic E-state index is 12.3. The number of carbonyl (C=O) groups is 2. The molecule has 0 aliphatic rings. The van der Waals surface area contributed by atoms with E-state index in [4.69, 9.17) is 10.5 Å². The number of nitrogens with two attached hydrogens (primary N) is 1. The van der Waals surface area contributed by atoms with Crippen LogP contribution in [0.5, 0.6) is 0 Å². The van der Waals surface area contributed by atoms with Crippen LogP contribution in [0.3, 0.4) is 0 Å². The maximum Gasteiger partial charge on any atom is 0.357 e. The van der Waals surface area contributed by atoms with Crippen molar-refractivity contribution in [2.45, 2.75) is 12.5 Å². The number of aromatic nitrogens is 1. The van der Waals surface area contributed by atoms with E-state index in [0.29, 0.717) is 0 Å². The van der Waals surface area contributed by atoms with Crippen LogP contribution in [0.15, 0.2) is 66.9 Å². The van der Waals surface area contributed by atoms with E-state index in [2.05, 4.69) is 4.98 Å². The summed E-state index contributed by atoms with van der Waals surface area (Å²) in [4.78, 5) is 28.0. The van der Waals surface area contributed by atoms with Crippen LogP contribution in [0, 0.1) is 0 Å². The first-order chi connectivity index (χ1) is 11.6. The molecule has 1 unspecified atom stereocenters. The van der Waals surface area contributed by atoms with E-state index < -0.39 is 18.0 Å². The lowest BCUT2D eigenvalue weighted by Crippen LogP contribution is -2.35. The van der Waals surface area contributed by atoms with Gasteiger partial charge in [-0.15, -0.1) is 0 Å². The van der Waals surface area contributed by atoms with Crippen LogP contribution in [-0.4, -0.2) is 23.0 Å². The first kappa shape index (κ1) is 15.7. The monoisotopic (exact) mass is 320 g/mol. The van der Waals surface area contributed by atoms with Gasteiger partial charge in [0.1, 0.15) is 5.69 Å². The molecule has 0 fully saturated rings. The van der Waals surface area contributed by atoms with E-state index in [1.54, 1.807) is 12.3 Å². The summed E-state index contributed by atoms with van der Waals surface area (Å²) < 4.78 is 5.27. The van der Waals surface area contributed by atoms with E-state index in [1.807, 2.05) is 54.6 Å². The minimum atomic E-state index is -1.03. The first-order valence-corrected chi connectivity index (χ1v) is 7.52. The summed E-state index contributed by atoms with van der Waals surface area (Å²) in [5.74, 6) is -1.35. The number of pyridine rings is 1. The molecule has 0 aliphatic heterocycles. The van der Waals surface area contributed by atoms with Crippen molar-refractivity contribution >= 4 is 22.6 Å². The van der Waals surface area contributed by atoms with Crippen LogP contribution in [0.25, 0.3) is 10.8 Å². The molecule has 3 rings (SSSR count). The number of hydrogen-bond acceptors (Lipinski definition) is 4. The fourth-order valence-electron chi connectivity index (χ4n) is 2.41. The third-order valence-electron chi connectivity index (χ3n) is 3.67. The number of ether oxygens (including phenoxy) is 1. The molecule has 1 heterocycles. The van der Waals surface area contributed by atoms with Crippen LogP contribution in [0.1, 0.15) is 16.1 Å². The van der Waals surface area contributed by atoms with E-state index >= 15 is 0 Å². The summed E-state index contributed by atoms with van der Waals surface area (Å²) in [7, 11) is 0. The Bertz CT molecular complexity index is 878. The van der Waals surface area contributed by atoms with Crippen LogP contribution in [0.4, 0.5) is 0 Å². The standard InChI is InChI=1S/C19H16N2O3/c20-18(22)17(10-13-6-2-1-3-7-13)24-19(23)16-11-14-8-4-5-9-15(14)12-21-16/h1-9,11-12,17H,10H2,(H2,20,22). The second-order valence-corrected chi connectivity index (χ2v) is 5.40. The van der Waals surface area contributed by atoms with Gasteiger partial charge in [0.05, 0.1) is 0 Å². The predicted molar refractivity (Wildman–Crippen MR) is 90.3 cm³/mol. The number of benzene rings is 2. The molecule has 1 amide bonds. The lowest BCUT2D eigenvalue weighted by atomic mass is 10.1. The third kappa shape index (κ3) is 3.57. The Morgan fingerprint density at radius 1 is 1.00 bits per heavy atom.